The second kappa shape index (κ2) is 10.0. The van der Waals surface area contributed by atoms with E-state index in [0.717, 1.165) is 55.6 Å². The van der Waals surface area contributed by atoms with Crippen molar-refractivity contribution in [2.45, 2.75) is 33.2 Å². The van der Waals surface area contributed by atoms with Crippen molar-refractivity contribution in [1.29, 1.82) is 0 Å². The first-order valence-electron chi connectivity index (χ1n) is 11.2. The third-order valence-corrected chi connectivity index (χ3v) is 6.04. The number of fused-ring (bicyclic) bond motifs is 1. The Labute approximate surface area is 189 Å². The zero-order valence-corrected chi connectivity index (χ0v) is 19.2. The van der Waals surface area contributed by atoms with Gasteiger partial charge in [0, 0.05) is 45.3 Å². The third kappa shape index (κ3) is 5.22. The first kappa shape index (κ1) is 22.1. The lowest BCUT2D eigenvalue weighted by Crippen LogP contribution is -2.48. The van der Waals surface area contributed by atoms with Crippen LogP contribution in [-0.4, -0.2) is 65.0 Å². The Morgan fingerprint density at radius 2 is 1.75 bits per heavy atom. The van der Waals surface area contributed by atoms with Gasteiger partial charge in [-0.3, -0.25) is 9.69 Å². The summed E-state index contributed by atoms with van der Waals surface area (Å²) in [6.07, 6.45) is 3.33. The van der Waals surface area contributed by atoms with Crippen LogP contribution in [0, 0.1) is 13.8 Å². The fourth-order valence-corrected chi connectivity index (χ4v) is 4.12. The summed E-state index contributed by atoms with van der Waals surface area (Å²) >= 11 is 0. The maximum Gasteiger partial charge on any atom is 0.222 e. The number of amides is 1. The Morgan fingerprint density at radius 1 is 1.03 bits per heavy atom. The van der Waals surface area contributed by atoms with Crippen molar-refractivity contribution in [2.24, 2.45) is 0 Å². The topological polar surface area (TPSA) is 59.3 Å². The molecule has 170 valence electrons. The summed E-state index contributed by atoms with van der Waals surface area (Å²) in [7, 11) is 1.64. The van der Waals surface area contributed by atoms with E-state index in [4.69, 9.17) is 14.5 Å². The lowest BCUT2D eigenvalue weighted by Gasteiger charge is -2.34. The number of piperazine rings is 1. The fraction of sp³-hybridized carbons (Fsp3) is 0.440. The molecule has 1 aliphatic heterocycles. The van der Waals surface area contributed by atoms with Crippen LogP contribution in [0.25, 0.3) is 5.65 Å². The molecule has 1 aromatic carbocycles. The fourth-order valence-electron chi connectivity index (χ4n) is 4.12. The summed E-state index contributed by atoms with van der Waals surface area (Å²) in [5.41, 5.74) is 4.53. The van der Waals surface area contributed by atoms with Gasteiger partial charge in [0.25, 0.3) is 0 Å². The van der Waals surface area contributed by atoms with Gasteiger partial charge in [-0.2, -0.15) is 0 Å². The van der Waals surface area contributed by atoms with Gasteiger partial charge in [0.15, 0.2) is 0 Å². The number of imidazole rings is 1. The van der Waals surface area contributed by atoms with Crippen molar-refractivity contribution in [3.63, 3.8) is 0 Å². The lowest BCUT2D eigenvalue weighted by atomic mass is 10.2. The van der Waals surface area contributed by atoms with Gasteiger partial charge in [-0.1, -0.05) is 0 Å². The molecule has 2 aromatic heterocycles. The second-order valence-corrected chi connectivity index (χ2v) is 8.36. The zero-order chi connectivity index (χ0) is 22.5. The Morgan fingerprint density at radius 3 is 2.47 bits per heavy atom. The molecule has 3 heterocycles. The molecule has 32 heavy (non-hydrogen) atoms. The van der Waals surface area contributed by atoms with E-state index >= 15 is 0 Å². The summed E-state index contributed by atoms with van der Waals surface area (Å²) in [4.78, 5) is 21.7. The number of aryl methyl sites for hydroxylation is 2. The van der Waals surface area contributed by atoms with Gasteiger partial charge in [0.2, 0.25) is 5.91 Å². The summed E-state index contributed by atoms with van der Waals surface area (Å²) in [5.74, 6) is 1.81. The number of carbonyl (C=O) groups is 1. The van der Waals surface area contributed by atoms with Gasteiger partial charge in [-0.25, -0.2) is 4.98 Å². The van der Waals surface area contributed by atoms with Crippen LogP contribution in [0.1, 0.15) is 29.8 Å². The van der Waals surface area contributed by atoms with E-state index in [0.29, 0.717) is 19.4 Å². The Balaban J connectivity index is 1.20. The van der Waals surface area contributed by atoms with Crippen molar-refractivity contribution < 1.29 is 14.3 Å². The predicted octanol–water partition coefficient (Wildman–Crippen LogP) is 3.46. The van der Waals surface area contributed by atoms with Gasteiger partial charge in [-0.05, 0) is 62.2 Å². The van der Waals surface area contributed by atoms with E-state index in [2.05, 4.69) is 41.5 Å². The molecule has 7 nitrogen and oxygen atoms in total. The molecular weight excluding hydrogens is 404 g/mol. The smallest absolute Gasteiger partial charge is 0.222 e. The molecule has 1 saturated heterocycles. The maximum absolute atomic E-state index is 12.6. The lowest BCUT2D eigenvalue weighted by molar-refractivity contribution is -0.133. The molecule has 3 aromatic rings. The number of nitrogens with zero attached hydrogens (tertiary/aromatic N) is 4. The first-order valence-corrected chi connectivity index (χ1v) is 11.2. The number of rotatable bonds is 8. The normalized spacial score (nSPS) is 14.7. The number of methoxy groups -OCH3 is 1. The van der Waals surface area contributed by atoms with E-state index < -0.39 is 0 Å². The van der Waals surface area contributed by atoms with Crippen LogP contribution in [0.15, 0.2) is 42.6 Å². The minimum Gasteiger partial charge on any atom is -0.497 e. The number of carbonyl (C=O) groups excluding carboxylic acids is 1. The van der Waals surface area contributed by atoms with Gasteiger partial charge >= 0.3 is 0 Å². The molecule has 0 saturated carbocycles. The summed E-state index contributed by atoms with van der Waals surface area (Å²) < 4.78 is 13.1. The molecule has 0 spiro atoms. The predicted molar refractivity (Wildman–Crippen MR) is 124 cm³/mol. The molecule has 0 atom stereocenters. The number of ether oxygens (including phenoxy) is 2. The number of pyridine rings is 1. The van der Waals surface area contributed by atoms with Crippen LogP contribution >= 0.6 is 0 Å². The Hall–Kier alpha value is -3.06. The molecule has 7 heteroatoms. The van der Waals surface area contributed by atoms with E-state index in [1.165, 1.54) is 11.3 Å². The largest absolute Gasteiger partial charge is 0.497 e. The highest BCUT2D eigenvalue weighted by molar-refractivity contribution is 5.76. The van der Waals surface area contributed by atoms with Gasteiger partial charge in [0.05, 0.1) is 25.1 Å². The molecule has 0 unspecified atom stereocenters. The minimum atomic E-state index is 0.212. The molecule has 1 amide bonds. The molecule has 0 radical (unpaired) electrons. The quantitative estimate of drug-likeness (QED) is 0.506. The average Bonchev–Trinajstić information content (AvgIpc) is 3.11. The van der Waals surface area contributed by atoms with Crippen LogP contribution in [0.3, 0.4) is 0 Å². The Bertz CT molecular complexity index is 1050. The molecule has 0 aliphatic carbocycles. The average molecular weight is 437 g/mol. The minimum absolute atomic E-state index is 0.212. The number of hydrogen-bond donors (Lipinski definition) is 0. The highest BCUT2D eigenvalue weighted by Crippen LogP contribution is 2.18. The van der Waals surface area contributed by atoms with Crippen LogP contribution < -0.4 is 9.47 Å². The Kier molecular flexibility index (Phi) is 6.95. The van der Waals surface area contributed by atoms with E-state index in [1.807, 2.05) is 29.2 Å². The molecular formula is C25H32N4O3. The monoisotopic (exact) mass is 436 g/mol. The van der Waals surface area contributed by atoms with Gasteiger partial charge in [-0.15, -0.1) is 0 Å². The number of benzene rings is 1. The molecule has 0 N–H and O–H groups in total. The highest BCUT2D eigenvalue weighted by atomic mass is 16.5. The molecule has 0 bridgehead atoms. The van der Waals surface area contributed by atoms with Crippen LogP contribution in [0.5, 0.6) is 11.5 Å². The van der Waals surface area contributed by atoms with Crippen LogP contribution in [-0.2, 0) is 11.3 Å². The summed E-state index contributed by atoms with van der Waals surface area (Å²) in [6.45, 7) is 8.86. The second-order valence-electron chi connectivity index (χ2n) is 8.36. The van der Waals surface area contributed by atoms with Crippen LogP contribution in [0.2, 0.25) is 0 Å². The van der Waals surface area contributed by atoms with E-state index in [9.17, 15) is 4.79 Å². The van der Waals surface area contributed by atoms with Crippen LogP contribution in [0.4, 0.5) is 0 Å². The highest BCUT2D eigenvalue weighted by Gasteiger charge is 2.22. The molecule has 4 rings (SSSR count). The SMILES string of the molecule is COc1ccc(OCCCC(=O)N2CCN(Cc3c(C)nc4cc(C)ccn34)CC2)cc1. The van der Waals surface area contributed by atoms with Crippen molar-refractivity contribution in [3.05, 3.63) is 59.5 Å². The molecule has 1 fully saturated rings. The maximum atomic E-state index is 12.6. The number of aromatic nitrogens is 2. The van der Waals surface area contributed by atoms with Crippen molar-refractivity contribution in [3.8, 4) is 11.5 Å². The standard InChI is InChI=1S/C25H32N4O3/c1-19-10-11-29-23(20(2)26-24(29)17-19)18-27-12-14-28(15-13-27)25(30)5-4-16-32-22-8-6-21(31-3)7-9-22/h6-11,17H,4-5,12-16,18H2,1-3H3. The molecule has 1 aliphatic rings. The summed E-state index contributed by atoms with van der Waals surface area (Å²) in [5, 5.41) is 0. The van der Waals surface area contributed by atoms with Crippen molar-refractivity contribution in [2.75, 3.05) is 39.9 Å². The van der Waals surface area contributed by atoms with Crippen molar-refractivity contribution >= 4 is 11.6 Å². The zero-order valence-electron chi connectivity index (χ0n) is 19.2. The number of hydrogen-bond acceptors (Lipinski definition) is 5. The van der Waals surface area contributed by atoms with Crippen molar-refractivity contribution in [1.82, 2.24) is 19.2 Å². The van der Waals surface area contributed by atoms with E-state index in [-0.39, 0.29) is 5.91 Å². The third-order valence-electron chi connectivity index (χ3n) is 6.04. The van der Waals surface area contributed by atoms with Gasteiger partial charge in [0.1, 0.15) is 17.1 Å². The summed E-state index contributed by atoms with van der Waals surface area (Å²) in [6, 6.07) is 11.7. The van der Waals surface area contributed by atoms with Gasteiger partial charge < -0.3 is 18.8 Å². The van der Waals surface area contributed by atoms with E-state index in [1.54, 1.807) is 7.11 Å². The first-order chi connectivity index (χ1) is 15.5.